The van der Waals surface area contributed by atoms with Gasteiger partial charge in [-0.25, -0.2) is 9.97 Å². The van der Waals surface area contributed by atoms with E-state index in [1.54, 1.807) is 6.33 Å². The number of rotatable bonds is 3. The number of aromatic nitrogens is 2. The molecule has 2 heterocycles. The van der Waals surface area contributed by atoms with Gasteiger partial charge >= 0.3 is 0 Å². The zero-order valence-electron chi connectivity index (χ0n) is 11.5. The van der Waals surface area contributed by atoms with E-state index in [-0.39, 0.29) is 11.8 Å². The first-order chi connectivity index (χ1) is 9.15. The monoisotopic (exact) mass is 260 g/mol. The van der Waals surface area contributed by atoms with Gasteiger partial charge in [-0.3, -0.25) is 4.79 Å². The van der Waals surface area contributed by atoms with E-state index in [1.165, 1.54) is 0 Å². The fraction of sp³-hybridized carbons (Fsp3) is 0.643. The second-order valence-corrected chi connectivity index (χ2v) is 5.62. The van der Waals surface area contributed by atoms with Crippen molar-refractivity contribution in [1.82, 2.24) is 15.3 Å². The van der Waals surface area contributed by atoms with Gasteiger partial charge in [-0.15, -0.1) is 0 Å². The highest BCUT2D eigenvalue weighted by atomic mass is 16.2. The predicted molar refractivity (Wildman–Crippen MR) is 73.0 cm³/mol. The number of nitrogens with one attached hydrogen (secondary N) is 1. The number of aryl methyl sites for hydroxylation is 1. The SMILES string of the molecule is Cc1ncnc(N2CCC(C(=O)NC3CC3)C2)c1C. The highest BCUT2D eigenvalue weighted by Crippen LogP contribution is 2.27. The Bertz CT molecular complexity index is 498. The Morgan fingerprint density at radius 2 is 2.11 bits per heavy atom. The Balaban J connectivity index is 1.67. The van der Waals surface area contributed by atoms with Gasteiger partial charge in [0.25, 0.3) is 0 Å². The van der Waals surface area contributed by atoms with E-state index < -0.39 is 0 Å². The number of carbonyl (C=O) groups is 1. The molecule has 2 aliphatic rings. The standard InChI is InChI=1S/C14H20N4O/c1-9-10(2)15-8-16-13(9)18-6-5-11(7-18)14(19)17-12-3-4-12/h8,11-12H,3-7H2,1-2H3,(H,17,19). The molecule has 2 fully saturated rings. The maximum Gasteiger partial charge on any atom is 0.225 e. The largest absolute Gasteiger partial charge is 0.355 e. The molecule has 0 aromatic carbocycles. The molecule has 1 aliphatic heterocycles. The summed E-state index contributed by atoms with van der Waals surface area (Å²) in [6.45, 7) is 5.71. The number of hydrogen-bond acceptors (Lipinski definition) is 4. The fourth-order valence-electron chi connectivity index (χ4n) is 2.56. The second-order valence-electron chi connectivity index (χ2n) is 5.62. The summed E-state index contributed by atoms with van der Waals surface area (Å²) in [5, 5.41) is 3.10. The van der Waals surface area contributed by atoms with E-state index in [4.69, 9.17) is 0 Å². The van der Waals surface area contributed by atoms with E-state index in [9.17, 15) is 4.79 Å². The summed E-state index contributed by atoms with van der Waals surface area (Å²) >= 11 is 0. The Labute approximate surface area is 113 Å². The van der Waals surface area contributed by atoms with Crippen molar-refractivity contribution < 1.29 is 4.79 Å². The minimum absolute atomic E-state index is 0.107. The zero-order chi connectivity index (χ0) is 13.4. The van der Waals surface area contributed by atoms with Crippen molar-refractivity contribution in [3.05, 3.63) is 17.6 Å². The molecule has 1 N–H and O–H groups in total. The van der Waals surface area contributed by atoms with Crippen LogP contribution in [0.25, 0.3) is 0 Å². The van der Waals surface area contributed by atoms with E-state index in [1.807, 2.05) is 13.8 Å². The molecule has 0 spiro atoms. The van der Waals surface area contributed by atoms with Crippen molar-refractivity contribution >= 4 is 11.7 Å². The quantitative estimate of drug-likeness (QED) is 0.887. The number of nitrogens with zero attached hydrogens (tertiary/aromatic N) is 3. The summed E-state index contributed by atoms with van der Waals surface area (Å²) in [5.41, 5.74) is 2.13. The first kappa shape index (κ1) is 12.4. The van der Waals surface area contributed by atoms with Crippen molar-refractivity contribution in [2.24, 2.45) is 5.92 Å². The molecule has 3 rings (SSSR count). The molecule has 102 valence electrons. The van der Waals surface area contributed by atoms with Gasteiger partial charge in [-0.1, -0.05) is 0 Å². The van der Waals surface area contributed by atoms with Gasteiger partial charge in [0, 0.05) is 30.4 Å². The van der Waals surface area contributed by atoms with Crippen molar-refractivity contribution in [2.45, 2.75) is 39.2 Å². The molecule has 1 amide bonds. The molecule has 0 bridgehead atoms. The van der Waals surface area contributed by atoms with Crippen molar-refractivity contribution in [3.63, 3.8) is 0 Å². The molecule has 1 atom stereocenters. The van der Waals surface area contributed by atoms with Crippen LogP contribution in [0.4, 0.5) is 5.82 Å². The average Bonchev–Trinajstić information content (AvgIpc) is 3.06. The lowest BCUT2D eigenvalue weighted by molar-refractivity contribution is -0.124. The molecule has 19 heavy (non-hydrogen) atoms. The third kappa shape index (κ3) is 2.55. The normalized spacial score (nSPS) is 22.6. The Kier molecular flexibility index (Phi) is 3.12. The van der Waals surface area contributed by atoms with Crippen LogP contribution in [0.5, 0.6) is 0 Å². The molecule has 1 aliphatic carbocycles. The van der Waals surface area contributed by atoms with E-state index in [2.05, 4.69) is 20.2 Å². The van der Waals surface area contributed by atoms with Gasteiger partial charge in [0.2, 0.25) is 5.91 Å². The Morgan fingerprint density at radius 1 is 1.32 bits per heavy atom. The van der Waals surface area contributed by atoms with E-state index in [0.717, 1.165) is 49.4 Å². The molecule has 1 saturated heterocycles. The van der Waals surface area contributed by atoms with Gasteiger partial charge in [0.1, 0.15) is 12.1 Å². The summed E-state index contributed by atoms with van der Waals surface area (Å²) in [6.07, 6.45) is 4.81. The molecule has 1 saturated carbocycles. The first-order valence-corrected chi connectivity index (χ1v) is 6.98. The zero-order valence-corrected chi connectivity index (χ0v) is 11.5. The summed E-state index contributed by atoms with van der Waals surface area (Å²) in [7, 11) is 0. The smallest absolute Gasteiger partial charge is 0.225 e. The topological polar surface area (TPSA) is 58.1 Å². The van der Waals surface area contributed by atoms with Crippen molar-refractivity contribution in [2.75, 3.05) is 18.0 Å². The molecule has 1 unspecified atom stereocenters. The van der Waals surface area contributed by atoms with Gasteiger partial charge < -0.3 is 10.2 Å². The fourth-order valence-corrected chi connectivity index (χ4v) is 2.56. The molecule has 1 aromatic rings. The van der Waals surface area contributed by atoms with Crippen LogP contribution >= 0.6 is 0 Å². The predicted octanol–water partition coefficient (Wildman–Crippen LogP) is 1.20. The van der Waals surface area contributed by atoms with Crippen LogP contribution < -0.4 is 10.2 Å². The molecule has 5 heteroatoms. The van der Waals surface area contributed by atoms with Crippen LogP contribution in [-0.4, -0.2) is 35.0 Å². The first-order valence-electron chi connectivity index (χ1n) is 6.98. The summed E-state index contributed by atoms with van der Waals surface area (Å²) in [6, 6.07) is 0.449. The maximum atomic E-state index is 12.1. The maximum absolute atomic E-state index is 12.1. The van der Waals surface area contributed by atoms with Crippen LogP contribution in [0.3, 0.4) is 0 Å². The van der Waals surface area contributed by atoms with Gasteiger partial charge in [0.05, 0.1) is 5.92 Å². The van der Waals surface area contributed by atoms with Gasteiger partial charge in [-0.2, -0.15) is 0 Å². The minimum atomic E-state index is 0.107. The third-order valence-corrected chi connectivity index (χ3v) is 4.09. The lowest BCUT2D eigenvalue weighted by Crippen LogP contribution is -2.34. The Hall–Kier alpha value is -1.65. The van der Waals surface area contributed by atoms with Gasteiger partial charge in [-0.05, 0) is 33.1 Å². The highest BCUT2D eigenvalue weighted by Gasteiger charge is 2.33. The molecule has 1 aromatic heterocycles. The number of anilines is 1. The number of amides is 1. The lowest BCUT2D eigenvalue weighted by Gasteiger charge is -2.19. The molecule has 0 radical (unpaired) electrons. The average molecular weight is 260 g/mol. The lowest BCUT2D eigenvalue weighted by atomic mass is 10.1. The minimum Gasteiger partial charge on any atom is -0.355 e. The van der Waals surface area contributed by atoms with Crippen LogP contribution in [0.2, 0.25) is 0 Å². The third-order valence-electron chi connectivity index (χ3n) is 4.09. The van der Waals surface area contributed by atoms with Gasteiger partial charge in [0.15, 0.2) is 0 Å². The van der Waals surface area contributed by atoms with Crippen LogP contribution in [0.1, 0.15) is 30.5 Å². The van der Waals surface area contributed by atoms with Crippen LogP contribution in [0, 0.1) is 19.8 Å². The Morgan fingerprint density at radius 3 is 2.84 bits per heavy atom. The summed E-state index contributed by atoms with van der Waals surface area (Å²) < 4.78 is 0. The second kappa shape index (κ2) is 4.79. The number of carbonyl (C=O) groups excluding carboxylic acids is 1. The van der Waals surface area contributed by atoms with Crippen molar-refractivity contribution in [3.8, 4) is 0 Å². The van der Waals surface area contributed by atoms with Crippen molar-refractivity contribution in [1.29, 1.82) is 0 Å². The highest BCUT2D eigenvalue weighted by molar-refractivity contribution is 5.80. The van der Waals surface area contributed by atoms with Crippen LogP contribution in [-0.2, 0) is 4.79 Å². The summed E-state index contributed by atoms with van der Waals surface area (Å²) in [4.78, 5) is 22.8. The van der Waals surface area contributed by atoms with Crippen LogP contribution in [0.15, 0.2) is 6.33 Å². The molecular weight excluding hydrogens is 240 g/mol. The summed E-state index contributed by atoms with van der Waals surface area (Å²) in [5.74, 6) is 1.30. The molecule has 5 nitrogen and oxygen atoms in total. The van der Waals surface area contributed by atoms with E-state index >= 15 is 0 Å². The number of hydrogen-bond donors (Lipinski definition) is 1. The molecular formula is C14H20N4O. The van der Waals surface area contributed by atoms with E-state index in [0.29, 0.717) is 6.04 Å².